The van der Waals surface area contributed by atoms with Gasteiger partial charge in [0.05, 0.1) is 27.3 Å². The number of hydrogen-bond acceptors (Lipinski definition) is 5. The first-order valence-corrected chi connectivity index (χ1v) is 9.90. The lowest BCUT2D eigenvalue weighted by molar-refractivity contribution is 0.0990. The van der Waals surface area contributed by atoms with Gasteiger partial charge in [-0.3, -0.25) is 9.59 Å². The minimum absolute atomic E-state index is 0.0142. The Morgan fingerprint density at radius 1 is 1.03 bits per heavy atom. The molecule has 31 heavy (non-hydrogen) atoms. The summed E-state index contributed by atoms with van der Waals surface area (Å²) in [6.07, 6.45) is 1.41. The molecule has 0 fully saturated rings. The number of furan rings is 1. The first kappa shape index (κ1) is 19.3. The second-order valence-corrected chi connectivity index (χ2v) is 7.87. The van der Waals surface area contributed by atoms with Crippen molar-refractivity contribution in [3.05, 3.63) is 80.5 Å². The number of halogens is 2. The molecule has 6 nitrogen and oxygen atoms in total. The molecule has 0 atom stereocenters. The van der Waals surface area contributed by atoms with Crippen molar-refractivity contribution < 1.29 is 14.0 Å². The molecule has 8 heteroatoms. The third-order valence-electron chi connectivity index (χ3n) is 5.20. The maximum Gasteiger partial charge on any atom is 0.245 e. The molecule has 0 radical (unpaired) electrons. The van der Waals surface area contributed by atoms with E-state index in [0.29, 0.717) is 28.4 Å². The van der Waals surface area contributed by atoms with Crippen LogP contribution in [-0.2, 0) is 7.05 Å². The fraction of sp³-hybridized carbons (Fsp3) is 0.0435. The Hall–Kier alpha value is -3.66. The molecule has 2 aromatic heterocycles. The number of nitriles is 1. The molecule has 0 saturated heterocycles. The largest absolute Gasteiger partial charge is 0.437 e. The predicted octanol–water partition coefficient (Wildman–Crippen LogP) is 5.47. The predicted molar refractivity (Wildman–Crippen MR) is 116 cm³/mol. The number of imidazole rings is 1. The maximum absolute atomic E-state index is 12.7. The van der Waals surface area contributed by atoms with Gasteiger partial charge in [-0.2, -0.15) is 10.2 Å². The summed E-state index contributed by atoms with van der Waals surface area (Å²) in [6.45, 7) is 0. The summed E-state index contributed by atoms with van der Waals surface area (Å²) in [6, 6.07) is 13.7. The summed E-state index contributed by atoms with van der Waals surface area (Å²) >= 11 is 12.0. The van der Waals surface area contributed by atoms with E-state index in [1.807, 2.05) is 23.7 Å². The zero-order chi connectivity index (χ0) is 21.9. The van der Waals surface area contributed by atoms with E-state index in [0.717, 1.165) is 5.56 Å². The zero-order valence-corrected chi connectivity index (χ0v) is 17.5. The number of rotatable bonds is 2. The van der Waals surface area contributed by atoms with E-state index < -0.39 is 11.6 Å². The molecule has 0 spiro atoms. The van der Waals surface area contributed by atoms with Crippen molar-refractivity contribution in [2.75, 3.05) is 0 Å². The molecule has 1 aliphatic carbocycles. The summed E-state index contributed by atoms with van der Waals surface area (Å²) in [7, 11) is 1.83. The van der Waals surface area contributed by atoms with Crippen LogP contribution in [0, 0.1) is 11.3 Å². The molecule has 0 aliphatic heterocycles. The molecule has 0 N–H and O–H groups in total. The molecular formula is C23H11Cl2N3O3. The van der Waals surface area contributed by atoms with Crippen molar-refractivity contribution in [2.45, 2.75) is 0 Å². The summed E-state index contributed by atoms with van der Waals surface area (Å²) < 4.78 is 7.63. The van der Waals surface area contributed by atoms with E-state index in [4.69, 9.17) is 32.9 Å². The number of hydrogen-bond donors (Lipinski definition) is 0. The molecule has 0 unspecified atom stereocenters. The van der Waals surface area contributed by atoms with Crippen LogP contribution in [0.5, 0.6) is 0 Å². The quantitative estimate of drug-likeness (QED) is 0.300. The number of carbonyl (C=O) groups excluding carboxylic acids is 2. The highest BCUT2D eigenvalue weighted by Gasteiger charge is 2.34. The summed E-state index contributed by atoms with van der Waals surface area (Å²) in [4.78, 5) is 29.9. The molecule has 0 bridgehead atoms. The van der Waals surface area contributed by atoms with Gasteiger partial charge in [0, 0.05) is 29.8 Å². The molecule has 2 aromatic carbocycles. The van der Waals surface area contributed by atoms with Gasteiger partial charge >= 0.3 is 0 Å². The van der Waals surface area contributed by atoms with Crippen LogP contribution in [0.25, 0.3) is 28.7 Å². The zero-order valence-electron chi connectivity index (χ0n) is 15.9. The topological polar surface area (TPSA) is 88.9 Å². The molecule has 5 rings (SSSR count). The van der Waals surface area contributed by atoms with Crippen LogP contribution in [0.15, 0.2) is 52.5 Å². The Morgan fingerprint density at radius 2 is 1.65 bits per heavy atom. The van der Waals surface area contributed by atoms with E-state index in [1.165, 1.54) is 18.2 Å². The fourth-order valence-corrected chi connectivity index (χ4v) is 3.94. The minimum Gasteiger partial charge on any atom is -0.437 e. The number of ketones is 2. The molecule has 0 amide bonds. The third kappa shape index (κ3) is 2.98. The van der Waals surface area contributed by atoms with Crippen molar-refractivity contribution in [3.63, 3.8) is 0 Å². The van der Waals surface area contributed by atoms with E-state index >= 15 is 0 Å². The fourth-order valence-electron chi connectivity index (χ4n) is 3.61. The highest BCUT2D eigenvalue weighted by atomic mass is 35.5. The average molecular weight is 448 g/mol. The van der Waals surface area contributed by atoms with Gasteiger partial charge in [0.25, 0.3) is 0 Å². The van der Waals surface area contributed by atoms with Crippen molar-refractivity contribution >= 4 is 52.1 Å². The maximum atomic E-state index is 12.7. The van der Waals surface area contributed by atoms with Gasteiger partial charge in [0.2, 0.25) is 5.71 Å². The Balaban J connectivity index is 1.53. The van der Waals surface area contributed by atoms with Crippen molar-refractivity contribution in [3.8, 4) is 17.5 Å². The van der Waals surface area contributed by atoms with Crippen LogP contribution < -0.4 is 0 Å². The lowest BCUT2D eigenvalue weighted by atomic mass is 10.1. The number of Topliss-reactive ketones (excluding diaryl/α,β-unsaturated/α-hetero) is 2. The monoisotopic (exact) mass is 447 g/mol. The number of carbonyl (C=O) groups is 2. The number of allylic oxidation sites excluding steroid dienone is 1. The third-order valence-corrected chi connectivity index (χ3v) is 5.92. The van der Waals surface area contributed by atoms with Gasteiger partial charge < -0.3 is 8.98 Å². The first-order chi connectivity index (χ1) is 14.9. The Morgan fingerprint density at radius 3 is 2.19 bits per heavy atom. The van der Waals surface area contributed by atoms with Crippen molar-refractivity contribution in [1.29, 1.82) is 5.26 Å². The summed E-state index contributed by atoms with van der Waals surface area (Å²) in [5.41, 5.74) is 2.90. The lowest BCUT2D eigenvalue weighted by Gasteiger charge is -2.01. The first-order valence-electron chi connectivity index (χ1n) is 9.14. The van der Waals surface area contributed by atoms with E-state index in [-0.39, 0.29) is 26.7 Å². The van der Waals surface area contributed by atoms with Gasteiger partial charge in [-0.05, 0) is 42.5 Å². The summed E-state index contributed by atoms with van der Waals surface area (Å²) in [5, 5.41) is 9.38. The number of aromatic nitrogens is 2. The van der Waals surface area contributed by atoms with Crippen LogP contribution in [0.4, 0.5) is 0 Å². The van der Waals surface area contributed by atoms with Crippen molar-refractivity contribution in [2.24, 2.45) is 7.05 Å². The molecule has 1 aliphatic rings. The highest BCUT2D eigenvalue weighted by molar-refractivity contribution is 6.46. The van der Waals surface area contributed by atoms with Gasteiger partial charge in [-0.25, -0.2) is 0 Å². The van der Waals surface area contributed by atoms with Gasteiger partial charge in [-0.1, -0.05) is 23.2 Å². The molecule has 2 heterocycles. The Labute approximate surface area is 185 Å². The van der Waals surface area contributed by atoms with E-state index in [1.54, 1.807) is 18.2 Å². The van der Waals surface area contributed by atoms with Gasteiger partial charge in [-0.15, -0.1) is 0 Å². The van der Waals surface area contributed by atoms with Crippen molar-refractivity contribution in [1.82, 2.24) is 9.55 Å². The molecular weight excluding hydrogens is 437 g/mol. The smallest absolute Gasteiger partial charge is 0.245 e. The Bertz CT molecular complexity index is 1460. The highest BCUT2D eigenvalue weighted by Crippen LogP contribution is 2.35. The van der Waals surface area contributed by atoms with E-state index in [9.17, 15) is 9.59 Å². The number of fused-ring (bicyclic) bond motifs is 2. The lowest BCUT2D eigenvalue weighted by Crippen LogP contribution is -1.99. The van der Waals surface area contributed by atoms with Crippen LogP contribution in [0.2, 0.25) is 10.0 Å². The Kier molecular flexibility index (Phi) is 4.33. The standard InChI is InChI=1S/C23H11Cl2N3O3/c1-28-19-7-13(31-23(19)27-22(28)12-4-2-11(10-26)3-5-12)6-16-20(29)14-8-17(24)18(25)9-15(14)21(16)30/h2-9H,1H3. The van der Waals surface area contributed by atoms with Crippen LogP contribution in [0.1, 0.15) is 32.0 Å². The molecule has 4 aromatic rings. The van der Waals surface area contributed by atoms with Crippen LogP contribution >= 0.6 is 23.2 Å². The van der Waals surface area contributed by atoms with Gasteiger partial charge in [0.15, 0.2) is 11.6 Å². The normalized spacial score (nSPS) is 13.0. The van der Waals surface area contributed by atoms with Crippen LogP contribution in [0.3, 0.4) is 0 Å². The van der Waals surface area contributed by atoms with E-state index in [2.05, 4.69) is 11.1 Å². The minimum atomic E-state index is -0.426. The van der Waals surface area contributed by atoms with Gasteiger partial charge in [0.1, 0.15) is 17.1 Å². The van der Waals surface area contributed by atoms with Crippen LogP contribution in [-0.4, -0.2) is 21.1 Å². The number of nitrogens with zero attached hydrogens (tertiary/aromatic N) is 3. The molecule has 0 saturated carbocycles. The second-order valence-electron chi connectivity index (χ2n) is 7.05. The second kappa shape index (κ2) is 6.95. The SMILES string of the molecule is Cn1c(-c2ccc(C#N)cc2)nc2oc(C=C3C(=O)c4cc(Cl)c(Cl)cc4C3=O)cc21. The average Bonchev–Trinajstić information content (AvgIpc) is 3.37. The number of benzene rings is 2. The number of aryl methyl sites for hydroxylation is 1. The summed E-state index contributed by atoms with van der Waals surface area (Å²) in [5.74, 6) is 0.152. The molecule has 150 valence electrons.